The van der Waals surface area contributed by atoms with Gasteiger partial charge < -0.3 is 0 Å². The van der Waals surface area contributed by atoms with E-state index in [1.807, 2.05) is 57.2 Å². The highest BCUT2D eigenvalue weighted by molar-refractivity contribution is 6.15. The van der Waals surface area contributed by atoms with E-state index in [1.54, 1.807) is 6.07 Å². The Morgan fingerprint density at radius 3 is 2.42 bits per heavy atom. The second kappa shape index (κ2) is 5.19. The Morgan fingerprint density at radius 1 is 1.11 bits per heavy atom. The predicted octanol–water partition coefficient (Wildman–Crippen LogP) is 3.74. The minimum absolute atomic E-state index is 0.207. The number of hydrogen-bond acceptors (Lipinski definition) is 2. The zero-order valence-corrected chi connectivity index (χ0v) is 12.0. The Hall–Kier alpha value is -1.58. The molecule has 4 heteroatoms. The zero-order valence-electron chi connectivity index (χ0n) is 11.3. The summed E-state index contributed by atoms with van der Waals surface area (Å²) >= 11 is 6.05. The molecular formula is C15H17ClN2O. The molecule has 0 aliphatic carbocycles. The average Bonchev–Trinajstić information content (AvgIpc) is 2.36. The molecule has 0 aliphatic rings. The highest BCUT2D eigenvalue weighted by Gasteiger charge is 2.22. The number of nitrogens with zero attached hydrogens (tertiary/aromatic N) is 1. The maximum absolute atomic E-state index is 12.3. The van der Waals surface area contributed by atoms with E-state index in [0.717, 1.165) is 10.8 Å². The number of hydrazine groups is 1. The normalized spacial score (nSPS) is 11.8. The van der Waals surface area contributed by atoms with Crippen LogP contribution in [0.25, 0.3) is 10.8 Å². The molecule has 19 heavy (non-hydrogen) atoms. The van der Waals surface area contributed by atoms with Gasteiger partial charge >= 0.3 is 0 Å². The van der Waals surface area contributed by atoms with E-state index in [4.69, 9.17) is 11.8 Å². The van der Waals surface area contributed by atoms with Crippen LogP contribution in [0.15, 0.2) is 42.5 Å². The van der Waals surface area contributed by atoms with Crippen molar-refractivity contribution in [3.05, 3.63) is 48.0 Å². The van der Waals surface area contributed by atoms with Gasteiger partial charge in [0.15, 0.2) is 0 Å². The third-order valence-corrected chi connectivity index (χ3v) is 3.41. The molecule has 0 unspecified atom stereocenters. The summed E-state index contributed by atoms with van der Waals surface area (Å²) in [6.07, 6.45) is 0. The summed E-state index contributed by atoms with van der Waals surface area (Å²) in [5.74, 6) is -0.207. The number of nitrogens with one attached hydrogen (secondary N) is 1. The Morgan fingerprint density at radius 2 is 1.74 bits per heavy atom. The lowest BCUT2D eigenvalue weighted by Gasteiger charge is -2.28. The van der Waals surface area contributed by atoms with Crippen molar-refractivity contribution >= 4 is 28.5 Å². The standard InChI is InChI=1S/C15H17ClN2O/c1-15(2,3)18(16)17-14(19)13-10-6-8-11-7-4-5-9-12(11)13/h4-10H,1-3H3,(H,17,19). The minimum Gasteiger partial charge on any atom is -0.270 e. The van der Waals surface area contributed by atoms with Gasteiger partial charge in [0.1, 0.15) is 0 Å². The molecule has 3 nitrogen and oxygen atoms in total. The van der Waals surface area contributed by atoms with Crippen LogP contribution < -0.4 is 5.43 Å². The molecule has 0 radical (unpaired) electrons. The van der Waals surface area contributed by atoms with Gasteiger partial charge in [-0.25, -0.2) is 0 Å². The molecule has 1 amide bonds. The monoisotopic (exact) mass is 276 g/mol. The number of carbonyl (C=O) groups is 1. The predicted molar refractivity (Wildman–Crippen MR) is 78.9 cm³/mol. The molecule has 0 aliphatic heterocycles. The number of hydrogen-bond donors (Lipinski definition) is 1. The van der Waals surface area contributed by atoms with E-state index in [0.29, 0.717) is 5.56 Å². The zero-order chi connectivity index (χ0) is 14.0. The molecule has 0 aromatic heterocycles. The van der Waals surface area contributed by atoms with Crippen molar-refractivity contribution in [3.8, 4) is 0 Å². The lowest BCUT2D eigenvalue weighted by Crippen LogP contribution is -2.46. The fraction of sp³-hybridized carbons (Fsp3) is 0.267. The third-order valence-electron chi connectivity index (χ3n) is 2.82. The van der Waals surface area contributed by atoms with Gasteiger partial charge in [-0.05, 0) is 37.6 Å². The highest BCUT2D eigenvalue weighted by atomic mass is 35.5. The molecule has 0 heterocycles. The summed E-state index contributed by atoms with van der Waals surface area (Å²) < 4.78 is 1.30. The van der Waals surface area contributed by atoms with Crippen LogP contribution in [-0.4, -0.2) is 16.0 Å². The number of carbonyl (C=O) groups excluding carboxylic acids is 1. The van der Waals surface area contributed by atoms with E-state index in [-0.39, 0.29) is 11.4 Å². The van der Waals surface area contributed by atoms with Crippen LogP contribution in [0.1, 0.15) is 31.1 Å². The van der Waals surface area contributed by atoms with E-state index in [9.17, 15) is 4.79 Å². The molecule has 1 N–H and O–H groups in total. The maximum atomic E-state index is 12.3. The molecule has 2 aromatic carbocycles. The molecule has 2 rings (SSSR count). The van der Waals surface area contributed by atoms with Crippen molar-refractivity contribution in [2.24, 2.45) is 0 Å². The molecular weight excluding hydrogens is 260 g/mol. The molecule has 100 valence electrons. The molecule has 0 spiro atoms. The van der Waals surface area contributed by atoms with Crippen LogP contribution in [0.4, 0.5) is 0 Å². The van der Waals surface area contributed by atoms with Crippen LogP contribution in [0, 0.1) is 0 Å². The Balaban J connectivity index is 2.32. The van der Waals surface area contributed by atoms with Gasteiger partial charge in [0.25, 0.3) is 5.91 Å². The number of benzene rings is 2. The maximum Gasteiger partial charge on any atom is 0.267 e. The second-order valence-corrected chi connectivity index (χ2v) is 5.76. The summed E-state index contributed by atoms with van der Waals surface area (Å²) in [7, 11) is 0. The second-order valence-electron chi connectivity index (χ2n) is 5.42. The average molecular weight is 277 g/mol. The Labute approximate surface area is 118 Å². The first kappa shape index (κ1) is 13.8. The quantitative estimate of drug-likeness (QED) is 0.669. The van der Waals surface area contributed by atoms with Gasteiger partial charge in [-0.2, -0.15) is 0 Å². The molecule has 0 fully saturated rings. The van der Waals surface area contributed by atoms with Gasteiger partial charge in [0, 0.05) is 22.9 Å². The molecule has 0 bridgehead atoms. The van der Waals surface area contributed by atoms with E-state index in [1.165, 1.54) is 4.53 Å². The minimum atomic E-state index is -0.345. The van der Waals surface area contributed by atoms with Crippen molar-refractivity contribution in [2.75, 3.05) is 0 Å². The fourth-order valence-electron chi connectivity index (χ4n) is 1.74. The number of fused-ring (bicyclic) bond motifs is 1. The molecule has 0 saturated heterocycles. The summed E-state index contributed by atoms with van der Waals surface area (Å²) in [6, 6.07) is 13.4. The van der Waals surface area contributed by atoms with Crippen molar-refractivity contribution in [2.45, 2.75) is 26.3 Å². The largest absolute Gasteiger partial charge is 0.270 e. The fourth-order valence-corrected chi connectivity index (χ4v) is 1.82. The molecule has 0 atom stereocenters. The van der Waals surface area contributed by atoms with Gasteiger partial charge in [0.05, 0.1) is 0 Å². The van der Waals surface area contributed by atoms with E-state index in [2.05, 4.69) is 5.43 Å². The first-order chi connectivity index (χ1) is 8.89. The van der Waals surface area contributed by atoms with Crippen molar-refractivity contribution in [1.82, 2.24) is 9.95 Å². The van der Waals surface area contributed by atoms with Gasteiger partial charge in [-0.1, -0.05) is 36.4 Å². The van der Waals surface area contributed by atoms with E-state index < -0.39 is 0 Å². The van der Waals surface area contributed by atoms with Crippen LogP contribution >= 0.6 is 11.8 Å². The van der Waals surface area contributed by atoms with Gasteiger partial charge in [-0.15, -0.1) is 4.53 Å². The Bertz CT molecular complexity index is 599. The summed E-state index contributed by atoms with van der Waals surface area (Å²) in [5.41, 5.74) is 2.96. The number of amides is 1. The summed E-state index contributed by atoms with van der Waals surface area (Å²) in [6.45, 7) is 5.76. The molecule has 2 aromatic rings. The highest BCUT2D eigenvalue weighted by Crippen LogP contribution is 2.19. The first-order valence-electron chi connectivity index (χ1n) is 6.14. The van der Waals surface area contributed by atoms with Gasteiger partial charge in [-0.3, -0.25) is 10.2 Å². The Kier molecular flexibility index (Phi) is 3.78. The lowest BCUT2D eigenvalue weighted by atomic mass is 10.0. The van der Waals surface area contributed by atoms with Crippen LogP contribution in [0.5, 0.6) is 0 Å². The SMILES string of the molecule is CC(C)(C)N(Cl)NC(=O)c1cccc2ccccc12. The van der Waals surface area contributed by atoms with Crippen molar-refractivity contribution in [3.63, 3.8) is 0 Å². The first-order valence-corrected chi connectivity index (χ1v) is 6.48. The topological polar surface area (TPSA) is 32.3 Å². The van der Waals surface area contributed by atoms with Crippen LogP contribution in [-0.2, 0) is 0 Å². The third kappa shape index (κ3) is 3.06. The summed E-state index contributed by atoms with van der Waals surface area (Å²) in [5, 5.41) is 1.95. The smallest absolute Gasteiger partial charge is 0.267 e. The lowest BCUT2D eigenvalue weighted by molar-refractivity contribution is 0.0807. The summed E-state index contributed by atoms with van der Waals surface area (Å²) in [4.78, 5) is 12.3. The van der Waals surface area contributed by atoms with Crippen molar-refractivity contribution < 1.29 is 4.79 Å². The van der Waals surface area contributed by atoms with Crippen molar-refractivity contribution in [1.29, 1.82) is 0 Å². The van der Waals surface area contributed by atoms with Crippen LogP contribution in [0.2, 0.25) is 0 Å². The number of rotatable bonds is 2. The molecule has 0 saturated carbocycles. The van der Waals surface area contributed by atoms with Crippen LogP contribution in [0.3, 0.4) is 0 Å². The number of halogens is 1. The van der Waals surface area contributed by atoms with Gasteiger partial charge in [0.2, 0.25) is 0 Å². The van der Waals surface area contributed by atoms with E-state index >= 15 is 0 Å².